The van der Waals surface area contributed by atoms with Crippen molar-refractivity contribution in [1.29, 1.82) is 0 Å². The van der Waals surface area contributed by atoms with E-state index in [9.17, 15) is 4.79 Å². The maximum absolute atomic E-state index is 12.9. The second-order valence-corrected chi connectivity index (χ2v) is 8.89. The standard InChI is InChI=1S/C27H35N3O/c1-7-11-20(24-17-30(6)25-15-9-8-12-23(24)25)16-28-27(31)29-26-21(18(2)3)13-10-14-22(26)19(4)5/h7-10,12-15,17-20H,1,11,16H2,2-6H3,(H2,28,29,31). The van der Waals surface area contributed by atoms with E-state index in [-0.39, 0.29) is 11.9 Å². The van der Waals surface area contributed by atoms with Crippen molar-refractivity contribution in [2.24, 2.45) is 7.05 Å². The van der Waals surface area contributed by atoms with Gasteiger partial charge in [-0.05, 0) is 41.0 Å². The van der Waals surface area contributed by atoms with E-state index in [1.54, 1.807) is 0 Å². The minimum Gasteiger partial charge on any atom is -0.350 e. The number of fused-ring (bicyclic) bond motifs is 1. The third-order valence-corrected chi connectivity index (χ3v) is 5.94. The van der Waals surface area contributed by atoms with E-state index in [0.29, 0.717) is 18.4 Å². The number of allylic oxidation sites excluding steroid dienone is 1. The van der Waals surface area contributed by atoms with Crippen LogP contribution in [-0.4, -0.2) is 17.1 Å². The van der Waals surface area contributed by atoms with Crippen molar-refractivity contribution in [3.8, 4) is 0 Å². The summed E-state index contributed by atoms with van der Waals surface area (Å²) in [5, 5.41) is 7.49. The molecule has 2 aromatic carbocycles. The number of carbonyl (C=O) groups excluding carboxylic acids is 1. The van der Waals surface area contributed by atoms with Gasteiger partial charge in [0.2, 0.25) is 0 Å². The molecule has 0 radical (unpaired) electrons. The summed E-state index contributed by atoms with van der Waals surface area (Å²) in [6, 6.07) is 14.5. The Morgan fingerprint density at radius 2 is 1.65 bits per heavy atom. The number of rotatable bonds is 8. The normalized spacial score (nSPS) is 12.4. The van der Waals surface area contributed by atoms with Gasteiger partial charge in [-0.15, -0.1) is 6.58 Å². The number of anilines is 1. The molecule has 2 amide bonds. The van der Waals surface area contributed by atoms with Gasteiger partial charge < -0.3 is 15.2 Å². The first kappa shape index (κ1) is 22.7. The Bertz CT molecular complexity index is 1040. The molecule has 4 heteroatoms. The minimum absolute atomic E-state index is 0.163. The molecule has 0 saturated carbocycles. The number of aromatic nitrogens is 1. The molecule has 1 atom stereocenters. The summed E-state index contributed by atoms with van der Waals surface area (Å²) in [4.78, 5) is 12.9. The molecule has 164 valence electrons. The highest BCUT2D eigenvalue weighted by atomic mass is 16.2. The quantitative estimate of drug-likeness (QED) is 0.384. The molecular formula is C27H35N3O. The fraction of sp³-hybridized carbons (Fsp3) is 0.370. The highest BCUT2D eigenvalue weighted by Crippen LogP contribution is 2.33. The van der Waals surface area contributed by atoms with Crippen LogP contribution in [0.5, 0.6) is 0 Å². The fourth-order valence-electron chi connectivity index (χ4n) is 4.29. The molecule has 3 aromatic rings. The third kappa shape index (κ3) is 5.01. The molecule has 3 rings (SSSR count). The molecule has 0 saturated heterocycles. The number of carbonyl (C=O) groups is 1. The van der Waals surface area contributed by atoms with Crippen LogP contribution in [0.1, 0.15) is 68.6 Å². The first-order valence-electron chi connectivity index (χ1n) is 11.2. The van der Waals surface area contributed by atoms with Gasteiger partial charge in [0.05, 0.1) is 0 Å². The van der Waals surface area contributed by atoms with Crippen molar-refractivity contribution in [3.05, 3.63) is 78.0 Å². The van der Waals surface area contributed by atoms with E-state index in [2.05, 4.69) is 105 Å². The van der Waals surface area contributed by atoms with Crippen molar-refractivity contribution in [1.82, 2.24) is 9.88 Å². The monoisotopic (exact) mass is 417 g/mol. The maximum atomic E-state index is 12.9. The summed E-state index contributed by atoms with van der Waals surface area (Å²) in [7, 11) is 2.06. The molecule has 1 aromatic heterocycles. The van der Waals surface area contributed by atoms with E-state index in [1.807, 2.05) is 6.08 Å². The summed E-state index contributed by atoms with van der Waals surface area (Å²) in [5.74, 6) is 0.829. The molecule has 1 heterocycles. The van der Waals surface area contributed by atoms with Crippen LogP contribution in [0.15, 0.2) is 61.3 Å². The second kappa shape index (κ2) is 9.86. The third-order valence-electron chi connectivity index (χ3n) is 5.94. The number of nitrogens with zero attached hydrogens (tertiary/aromatic N) is 1. The van der Waals surface area contributed by atoms with E-state index >= 15 is 0 Å². The minimum atomic E-state index is -0.163. The molecule has 0 aliphatic heterocycles. The Morgan fingerprint density at radius 3 is 2.26 bits per heavy atom. The number of hydrogen-bond acceptors (Lipinski definition) is 1. The van der Waals surface area contributed by atoms with Crippen molar-refractivity contribution in [3.63, 3.8) is 0 Å². The van der Waals surface area contributed by atoms with Crippen LogP contribution in [0, 0.1) is 0 Å². The summed E-state index contributed by atoms with van der Waals surface area (Å²) in [5.41, 5.74) is 5.71. The Kier molecular flexibility index (Phi) is 7.21. The molecule has 0 fully saturated rings. The van der Waals surface area contributed by atoms with Crippen molar-refractivity contribution < 1.29 is 4.79 Å². The number of aryl methyl sites for hydroxylation is 1. The van der Waals surface area contributed by atoms with Gasteiger partial charge in [0.25, 0.3) is 0 Å². The second-order valence-electron chi connectivity index (χ2n) is 8.89. The van der Waals surface area contributed by atoms with Gasteiger partial charge in [0.15, 0.2) is 0 Å². The summed E-state index contributed by atoms with van der Waals surface area (Å²) < 4.78 is 2.15. The van der Waals surface area contributed by atoms with E-state index in [4.69, 9.17) is 0 Å². The van der Waals surface area contributed by atoms with E-state index in [0.717, 1.165) is 23.2 Å². The lowest BCUT2D eigenvalue weighted by Gasteiger charge is -2.21. The zero-order valence-electron chi connectivity index (χ0n) is 19.4. The summed E-state index contributed by atoms with van der Waals surface area (Å²) in [6.07, 6.45) is 4.90. The molecule has 0 spiro atoms. The Labute approximate surface area is 186 Å². The molecule has 0 bridgehead atoms. The van der Waals surface area contributed by atoms with Crippen molar-refractivity contribution >= 4 is 22.6 Å². The van der Waals surface area contributed by atoms with Gasteiger partial charge in [-0.1, -0.05) is 70.2 Å². The molecule has 31 heavy (non-hydrogen) atoms. The van der Waals surface area contributed by atoms with Gasteiger partial charge >= 0.3 is 6.03 Å². The zero-order chi connectivity index (χ0) is 22.5. The number of para-hydroxylation sites is 2. The smallest absolute Gasteiger partial charge is 0.319 e. The van der Waals surface area contributed by atoms with Gasteiger partial charge in [0.1, 0.15) is 0 Å². The van der Waals surface area contributed by atoms with Crippen molar-refractivity contribution in [2.45, 2.75) is 51.9 Å². The van der Waals surface area contributed by atoms with Crippen LogP contribution in [0.25, 0.3) is 10.9 Å². The SMILES string of the molecule is C=CCC(CNC(=O)Nc1c(C(C)C)cccc1C(C)C)c1cn(C)c2ccccc12. The number of hydrogen-bond donors (Lipinski definition) is 2. The van der Waals surface area contributed by atoms with E-state index < -0.39 is 0 Å². The molecule has 0 aliphatic carbocycles. The highest BCUT2D eigenvalue weighted by molar-refractivity contribution is 5.91. The summed E-state index contributed by atoms with van der Waals surface area (Å²) in [6.45, 7) is 13.1. The zero-order valence-corrected chi connectivity index (χ0v) is 19.4. The number of benzene rings is 2. The number of urea groups is 1. The van der Waals surface area contributed by atoms with Gasteiger partial charge in [-0.3, -0.25) is 0 Å². The lowest BCUT2D eigenvalue weighted by Crippen LogP contribution is -2.33. The average Bonchev–Trinajstić information content (AvgIpc) is 3.07. The fourth-order valence-corrected chi connectivity index (χ4v) is 4.29. The Morgan fingerprint density at radius 1 is 1.00 bits per heavy atom. The topological polar surface area (TPSA) is 46.1 Å². The number of amides is 2. The predicted molar refractivity (Wildman–Crippen MR) is 132 cm³/mol. The first-order valence-corrected chi connectivity index (χ1v) is 11.2. The molecular weight excluding hydrogens is 382 g/mol. The van der Waals surface area contributed by atoms with Gasteiger partial charge in [-0.25, -0.2) is 4.79 Å². The lowest BCUT2D eigenvalue weighted by atomic mass is 9.92. The largest absolute Gasteiger partial charge is 0.350 e. The van der Waals surface area contributed by atoms with Crippen LogP contribution >= 0.6 is 0 Å². The highest BCUT2D eigenvalue weighted by Gasteiger charge is 2.19. The first-order chi connectivity index (χ1) is 14.8. The molecule has 0 aliphatic rings. The molecule has 4 nitrogen and oxygen atoms in total. The maximum Gasteiger partial charge on any atom is 0.319 e. The molecule has 1 unspecified atom stereocenters. The van der Waals surface area contributed by atoms with Crippen LogP contribution < -0.4 is 10.6 Å². The van der Waals surface area contributed by atoms with Gasteiger partial charge in [-0.2, -0.15) is 0 Å². The summed E-state index contributed by atoms with van der Waals surface area (Å²) >= 11 is 0. The van der Waals surface area contributed by atoms with Crippen LogP contribution in [0.4, 0.5) is 10.5 Å². The van der Waals surface area contributed by atoms with Gasteiger partial charge in [0, 0.05) is 42.3 Å². The molecule has 2 N–H and O–H groups in total. The predicted octanol–water partition coefficient (Wildman–Crippen LogP) is 6.91. The van der Waals surface area contributed by atoms with Crippen molar-refractivity contribution in [2.75, 3.05) is 11.9 Å². The van der Waals surface area contributed by atoms with E-state index in [1.165, 1.54) is 16.5 Å². The van der Waals surface area contributed by atoms with Crippen LogP contribution in [0.3, 0.4) is 0 Å². The number of nitrogens with one attached hydrogen (secondary N) is 2. The Balaban J connectivity index is 1.80. The lowest BCUT2D eigenvalue weighted by molar-refractivity contribution is 0.251. The Hall–Kier alpha value is -3.01. The average molecular weight is 418 g/mol. The van der Waals surface area contributed by atoms with Crippen LogP contribution in [-0.2, 0) is 7.05 Å². The van der Waals surface area contributed by atoms with Crippen LogP contribution in [0.2, 0.25) is 0 Å².